The number of oxazole rings is 1. The van der Waals surface area contributed by atoms with Crippen LogP contribution in [0.25, 0.3) is 11.1 Å². The largest absolute Gasteiger partial charge is 0.431 e. The predicted molar refractivity (Wildman–Crippen MR) is 89.7 cm³/mol. The first kappa shape index (κ1) is 15.9. The summed E-state index contributed by atoms with van der Waals surface area (Å²) in [4.78, 5) is 18.8. The molecule has 2 fully saturated rings. The Kier molecular flexibility index (Phi) is 4.73. The van der Waals surface area contributed by atoms with Crippen molar-refractivity contribution < 1.29 is 18.7 Å². The molecule has 0 aliphatic carbocycles. The van der Waals surface area contributed by atoms with Crippen LogP contribution in [0.4, 0.5) is 0 Å². The average Bonchev–Trinajstić information content (AvgIpc) is 3.29. The lowest BCUT2D eigenvalue weighted by Gasteiger charge is -2.34. The minimum atomic E-state index is -0.148. The Hall–Kier alpha value is -1.57. The molecule has 0 bridgehead atoms. The van der Waals surface area contributed by atoms with Crippen LogP contribution in [0.1, 0.15) is 12.8 Å². The van der Waals surface area contributed by atoms with E-state index in [0.717, 1.165) is 30.5 Å². The second-order valence-corrected chi connectivity index (χ2v) is 7.01. The maximum atomic E-state index is 12.5. The van der Waals surface area contributed by atoms with Crippen LogP contribution in [0, 0.1) is 5.92 Å². The van der Waals surface area contributed by atoms with Crippen molar-refractivity contribution in [3.8, 4) is 0 Å². The number of amides is 1. The summed E-state index contributed by atoms with van der Waals surface area (Å²) in [5.74, 6) is 0.732. The highest BCUT2D eigenvalue weighted by atomic mass is 32.2. The van der Waals surface area contributed by atoms with E-state index < -0.39 is 0 Å². The zero-order chi connectivity index (χ0) is 16.4. The van der Waals surface area contributed by atoms with E-state index in [2.05, 4.69) is 4.98 Å². The molecule has 0 spiro atoms. The fourth-order valence-corrected chi connectivity index (χ4v) is 3.98. The standard InChI is InChI=1S/C17H20N2O4S/c20-15(11-24-17-18-13-5-1-2-6-14(13)23-17)19-7-3-4-12(10-19)16-21-8-9-22-16/h1-2,5-6,12,16H,3-4,7-11H2. The predicted octanol–water partition coefficient (Wildman–Crippen LogP) is 2.53. The highest BCUT2D eigenvalue weighted by Gasteiger charge is 2.32. The molecule has 1 amide bonds. The third kappa shape index (κ3) is 3.43. The second kappa shape index (κ2) is 7.13. The van der Waals surface area contributed by atoms with Gasteiger partial charge in [0.15, 0.2) is 11.9 Å². The molecule has 1 unspecified atom stereocenters. The summed E-state index contributed by atoms with van der Waals surface area (Å²) in [5.41, 5.74) is 1.57. The molecule has 128 valence electrons. The summed E-state index contributed by atoms with van der Waals surface area (Å²) in [6.07, 6.45) is 1.89. The molecular formula is C17H20N2O4S. The quantitative estimate of drug-likeness (QED) is 0.791. The van der Waals surface area contributed by atoms with Crippen LogP contribution >= 0.6 is 11.8 Å². The number of benzene rings is 1. The van der Waals surface area contributed by atoms with Gasteiger partial charge in [0.25, 0.3) is 5.22 Å². The fraction of sp³-hybridized carbons (Fsp3) is 0.529. The van der Waals surface area contributed by atoms with Crippen molar-refractivity contribution in [1.82, 2.24) is 9.88 Å². The third-order valence-corrected chi connectivity index (χ3v) is 5.25. The maximum Gasteiger partial charge on any atom is 0.257 e. The van der Waals surface area contributed by atoms with Gasteiger partial charge in [-0.15, -0.1) is 0 Å². The monoisotopic (exact) mass is 348 g/mol. The molecular weight excluding hydrogens is 328 g/mol. The second-order valence-electron chi connectivity index (χ2n) is 6.09. The Bertz CT molecular complexity index is 680. The van der Waals surface area contributed by atoms with Gasteiger partial charge in [0, 0.05) is 19.0 Å². The average molecular weight is 348 g/mol. The number of para-hydroxylation sites is 2. The minimum Gasteiger partial charge on any atom is -0.431 e. The number of likely N-dealkylation sites (tertiary alicyclic amines) is 1. The molecule has 0 N–H and O–H groups in total. The van der Waals surface area contributed by atoms with Gasteiger partial charge in [-0.2, -0.15) is 0 Å². The molecule has 3 heterocycles. The first-order valence-electron chi connectivity index (χ1n) is 8.29. The van der Waals surface area contributed by atoms with Crippen LogP contribution in [-0.2, 0) is 14.3 Å². The van der Waals surface area contributed by atoms with Gasteiger partial charge in [0.2, 0.25) is 5.91 Å². The van der Waals surface area contributed by atoms with Gasteiger partial charge in [-0.05, 0) is 25.0 Å². The van der Waals surface area contributed by atoms with Crippen molar-refractivity contribution >= 4 is 28.8 Å². The number of hydrogen-bond acceptors (Lipinski definition) is 6. The van der Waals surface area contributed by atoms with Crippen molar-refractivity contribution in [1.29, 1.82) is 0 Å². The number of carbonyl (C=O) groups excluding carboxylic acids is 1. The van der Waals surface area contributed by atoms with E-state index in [9.17, 15) is 4.79 Å². The van der Waals surface area contributed by atoms with Gasteiger partial charge in [-0.25, -0.2) is 4.98 Å². The molecule has 1 atom stereocenters. The fourth-order valence-electron chi connectivity index (χ4n) is 3.24. The molecule has 2 aliphatic rings. The van der Waals surface area contributed by atoms with E-state index in [-0.39, 0.29) is 18.1 Å². The zero-order valence-corrected chi connectivity index (χ0v) is 14.2. The molecule has 6 nitrogen and oxygen atoms in total. The minimum absolute atomic E-state index is 0.116. The highest BCUT2D eigenvalue weighted by molar-refractivity contribution is 7.99. The lowest BCUT2D eigenvalue weighted by Crippen LogP contribution is -2.44. The van der Waals surface area contributed by atoms with E-state index in [0.29, 0.717) is 30.7 Å². The topological polar surface area (TPSA) is 64.8 Å². The Balaban J connectivity index is 1.33. The van der Waals surface area contributed by atoms with Gasteiger partial charge in [0.05, 0.1) is 19.0 Å². The molecule has 0 saturated carbocycles. The lowest BCUT2D eigenvalue weighted by molar-refractivity contribution is -0.136. The molecule has 2 aromatic rings. The lowest BCUT2D eigenvalue weighted by atomic mass is 9.97. The third-order valence-electron chi connectivity index (χ3n) is 4.44. The molecule has 24 heavy (non-hydrogen) atoms. The van der Waals surface area contributed by atoms with E-state index >= 15 is 0 Å². The number of hydrogen-bond donors (Lipinski definition) is 0. The number of carbonyl (C=O) groups is 1. The van der Waals surface area contributed by atoms with Crippen molar-refractivity contribution in [2.45, 2.75) is 24.4 Å². The summed E-state index contributed by atoms with van der Waals surface area (Å²) in [7, 11) is 0. The van der Waals surface area contributed by atoms with Crippen LogP contribution in [-0.4, -0.2) is 54.1 Å². The molecule has 2 saturated heterocycles. The molecule has 1 aromatic heterocycles. The normalized spacial score (nSPS) is 22.3. The van der Waals surface area contributed by atoms with Crippen molar-refractivity contribution in [3.63, 3.8) is 0 Å². The molecule has 2 aliphatic heterocycles. The number of nitrogens with zero attached hydrogens (tertiary/aromatic N) is 2. The number of thioether (sulfide) groups is 1. The van der Waals surface area contributed by atoms with Crippen LogP contribution in [0.3, 0.4) is 0 Å². The van der Waals surface area contributed by atoms with Crippen LogP contribution in [0.15, 0.2) is 33.9 Å². The Morgan fingerprint density at radius 3 is 2.96 bits per heavy atom. The van der Waals surface area contributed by atoms with Crippen molar-refractivity contribution in [2.75, 3.05) is 32.1 Å². The van der Waals surface area contributed by atoms with E-state index in [1.54, 1.807) is 0 Å². The summed E-state index contributed by atoms with van der Waals surface area (Å²) >= 11 is 1.35. The Morgan fingerprint density at radius 1 is 1.29 bits per heavy atom. The highest BCUT2D eigenvalue weighted by Crippen LogP contribution is 2.27. The molecule has 4 rings (SSSR count). The number of fused-ring (bicyclic) bond motifs is 1. The summed E-state index contributed by atoms with van der Waals surface area (Å²) < 4.78 is 16.8. The van der Waals surface area contributed by atoms with E-state index in [1.165, 1.54) is 11.8 Å². The van der Waals surface area contributed by atoms with Crippen molar-refractivity contribution in [2.24, 2.45) is 5.92 Å². The number of piperidine rings is 1. The molecule has 0 radical (unpaired) electrons. The smallest absolute Gasteiger partial charge is 0.257 e. The van der Waals surface area contributed by atoms with Crippen LogP contribution in [0.2, 0.25) is 0 Å². The summed E-state index contributed by atoms with van der Waals surface area (Å²) in [6, 6.07) is 7.62. The summed E-state index contributed by atoms with van der Waals surface area (Å²) in [6.45, 7) is 2.82. The maximum absolute atomic E-state index is 12.5. The molecule has 1 aromatic carbocycles. The van der Waals surface area contributed by atoms with Gasteiger partial charge in [-0.1, -0.05) is 23.9 Å². The number of ether oxygens (including phenoxy) is 2. The first-order chi connectivity index (χ1) is 11.8. The number of aromatic nitrogens is 1. The Labute approximate surface area is 144 Å². The zero-order valence-electron chi connectivity index (χ0n) is 13.3. The summed E-state index contributed by atoms with van der Waals surface area (Å²) in [5, 5.41) is 0.542. The van der Waals surface area contributed by atoms with Crippen LogP contribution < -0.4 is 0 Å². The van der Waals surface area contributed by atoms with E-state index in [1.807, 2.05) is 29.2 Å². The van der Waals surface area contributed by atoms with Gasteiger partial charge < -0.3 is 18.8 Å². The van der Waals surface area contributed by atoms with Gasteiger partial charge >= 0.3 is 0 Å². The molecule has 7 heteroatoms. The first-order valence-corrected chi connectivity index (χ1v) is 9.27. The number of rotatable bonds is 4. The van der Waals surface area contributed by atoms with E-state index in [4.69, 9.17) is 13.9 Å². The Morgan fingerprint density at radius 2 is 2.12 bits per heavy atom. The SMILES string of the molecule is O=C(CSc1nc2ccccc2o1)N1CCCC(C2OCCO2)C1. The van der Waals surface area contributed by atoms with Crippen molar-refractivity contribution in [3.05, 3.63) is 24.3 Å². The van der Waals surface area contributed by atoms with Gasteiger partial charge in [-0.3, -0.25) is 4.79 Å². The van der Waals surface area contributed by atoms with Gasteiger partial charge in [0.1, 0.15) is 5.52 Å². The van der Waals surface area contributed by atoms with Crippen LogP contribution in [0.5, 0.6) is 0 Å².